The van der Waals surface area contributed by atoms with Crippen LogP contribution in [0, 0.1) is 5.41 Å². The molecule has 0 bridgehead atoms. The zero-order valence-electron chi connectivity index (χ0n) is 17.3. The van der Waals surface area contributed by atoms with Gasteiger partial charge in [0.15, 0.2) is 0 Å². The highest BCUT2D eigenvalue weighted by Crippen LogP contribution is 2.27. The Bertz CT molecular complexity index is 641. The molecule has 6 heteroatoms. The number of piperazine rings is 1. The third-order valence-electron chi connectivity index (χ3n) is 4.43. The first-order valence-corrected chi connectivity index (χ1v) is 9.53. The van der Waals surface area contributed by atoms with E-state index in [1.165, 1.54) is 0 Å². The third kappa shape index (κ3) is 5.96. The van der Waals surface area contributed by atoms with Crippen molar-refractivity contribution in [3.05, 3.63) is 29.8 Å². The van der Waals surface area contributed by atoms with Gasteiger partial charge in [0.25, 0.3) is 5.91 Å². The van der Waals surface area contributed by atoms with E-state index in [1.807, 2.05) is 33.0 Å². The van der Waals surface area contributed by atoms with E-state index in [0.717, 1.165) is 18.8 Å². The quantitative estimate of drug-likeness (QED) is 0.740. The summed E-state index contributed by atoms with van der Waals surface area (Å²) in [6.07, 6.45) is -0.870. The Morgan fingerprint density at radius 3 is 2.04 bits per heavy atom. The zero-order chi connectivity index (χ0) is 20.2. The van der Waals surface area contributed by atoms with E-state index in [-0.39, 0.29) is 12.0 Å². The van der Waals surface area contributed by atoms with Gasteiger partial charge in [-0.05, 0) is 53.8 Å². The fourth-order valence-corrected chi connectivity index (χ4v) is 2.73. The maximum Gasteiger partial charge on any atom is 0.312 e. The van der Waals surface area contributed by atoms with Crippen molar-refractivity contribution in [2.75, 3.05) is 33.2 Å². The maximum absolute atomic E-state index is 13.1. The number of nitrogens with zero attached hydrogens (tertiary/aromatic N) is 2. The highest BCUT2D eigenvalue weighted by Gasteiger charge is 2.34. The molecule has 0 aromatic heterocycles. The summed E-state index contributed by atoms with van der Waals surface area (Å²) in [4.78, 5) is 29.6. The normalized spacial score (nSPS) is 16.9. The zero-order valence-corrected chi connectivity index (χ0v) is 17.3. The average molecular weight is 376 g/mol. The maximum atomic E-state index is 13.1. The molecular formula is C21H32N2O4. The number of amides is 1. The van der Waals surface area contributed by atoms with Gasteiger partial charge in [0.1, 0.15) is 5.75 Å². The van der Waals surface area contributed by atoms with E-state index in [4.69, 9.17) is 9.47 Å². The number of hydrogen-bond donors (Lipinski definition) is 0. The van der Waals surface area contributed by atoms with Gasteiger partial charge in [-0.15, -0.1) is 0 Å². The molecule has 1 aromatic rings. The van der Waals surface area contributed by atoms with Crippen LogP contribution in [0.3, 0.4) is 0 Å². The molecule has 0 spiro atoms. The Morgan fingerprint density at radius 1 is 1.00 bits per heavy atom. The molecule has 1 aromatic carbocycles. The molecule has 1 unspecified atom stereocenters. The van der Waals surface area contributed by atoms with Crippen molar-refractivity contribution >= 4 is 11.9 Å². The average Bonchev–Trinajstić information content (AvgIpc) is 2.59. The summed E-state index contributed by atoms with van der Waals surface area (Å²) >= 11 is 0. The smallest absolute Gasteiger partial charge is 0.312 e. The molecule has 1 fully saturated rings. The summed E-state index contributed by atoms with van der Waals surface area (Å²) in [7, 11) is 2.03. The predicted octanol–water partition coefficient (Wildman–Crippen LogP) is 2.88. The van der Waals surface area contributed by atoms with Crippen molar-refractivity contribution in [2.24, 2.45) is 5.41 Å². The van der Waals surface area contributed by atoms with Gasteiger partial charge in [0.05, 0.1) is 11.5 Å². The third-order valence-corrected chi connectivity index (χ3v) is 4.43. The largest absolute Gasteiger partial charge is 0.491 e. The van der Waals surface area contributed by atoms with Crippen LogP contribution >= 0.6 is 0 Å². The van der Waals surface area contributed by atoms with E-state index in [1.54, 1.807) is 37.8 Å². The van der Waals surface area contributed by atoms with Crippen molar-refractivity contribution in [2.45, 2.75) is 46.8 Å². The number of hydrogen-bond acceptors (Lipinski definition) is 5. The van der Waals surface area contributed by atoms with Crippen LogP contribution < -0.4 is 4.74 Å². The molecule has 0 aliphatic carbocycles. The van der Waals surface area contributed by atoms with E-state index < -0.39 is 17.5 Å². The fraction of sp³-hybridized carbons (Fsp3) is 0.619. The summed E-state index contributed by atoms with van der Waals surface area (Å²) in [5, 5.41) is 0. The van der Waals surface area contributed by atoms with Crippen LogP contribution in [0.4, 0.5) is 0 Å². The lowest BCUT2D eigenvalue weighted by Gasteiger charge is -2.35. The Labute approximate surface area is 162 Å². The first kappa shape index (κ1) is 21.2. The summed E-state index contributed by atoms with van der Waals surface area (Å²) in [6.45, 7) is 12.2. The number of carbonyl (C=O) groups excluding carboxylic acids is 2. The molecule has 6 nitrogen and oxygen atoms in total. The van der Waals surface area contributed by atoms with Crippen molar-refractivity contribution in [3.63, 3.8) is 0 Å². The molecule has 0 radical (unpaired) electrons. The Hall–Kier alpha value is -2.08. The number of benzene rings is 1. The van der Waals surface area contributed by atoms with Crippen LogP contribution in [0.5, 0.6) is 5.75 Å². The molecule has 1 saturated heterocycles. The van der Waals surface area contributed by atoms with Gasteiger partial charge >= 0.3 is 5.97 Å². The molecule has 0 N–H and O–H groups in total. The van der Waals surface area contributed by atoms with Crippen LogP contribution in [-0.2, 0) is 14.3 Å². The minimum atomic E-state index is -0.937. The topological polar surface area (TPSA) is 59.1 Å². The van der Waals surface area contributed by atoms with Gasteiger partial charge < -0.3 is 19.3 Å². The molecule has 0 saturated carbocycles. The van der Waals surface area contributed by atoms with Gasteiger partial charge in [-0.1, -0.05) is 12.1 Å². The van der Waals surface area contributed by atoms with Crippen molar-refractivity contribution < 1.29 is 19.1 Å². The summed E-state index contributed by atoms with van der Waals surface area (Å²) < 4.78 is 11.3. The first-order chi connectivity index (χ1) is 12.6. The molecule has 27 heavy (non-hydrogen) atoms. The number of carbonyl (C=O) groups is 2. The SMILES string of the molecule is CC(C)Oc1ccc(C(OC(=O)C(C)(C)C)C(=O)N2CCN(C)CC2)cc1. The van der Waals surface area contributed by atoms with Gasteiger partial charge in [-0.2, -0.15) is 0 Å². The minimum Gasteiger partial charge on any atom is -0.491 e. The van der Waals surface area contributed by atoms with E-state index in [2.05, 4.69) is 4.90 Å². The van der Waals surface area contributed by atoms with Crippen molar-refractivity contribution in [1.82, 2.24) is 9.80 Å². The first-order valence-electron chi connectivity index (χ1n) is 9.53. The molecule has 1 aliphatic rings. The Kier molecular flexibility index (Phi) is 6.87. The summed E-state index contributed by atoms with van der Waals surface area (Å²) in [5.41, 5.74) is -0.0194. The lowest BCUT2D eigenvalue weighted by molar-refractivity contribution is -0.168. The van der Waals surface area contributed by atoms with Crippen molar-refractivity contribution in [1.29, 1.82) is 0 Å². The van der Waals surface area contributed by atoms with Gasteiger partial charge in [-0.3, -0.25) is 9.59 Å². The number of ether oxygens (including phenoxy) is 2. The standard InChI is InChI=1S/C21H32N2O4/c1-15(2)26-17-9-7-16(8-10-17)18(27-20(25)21(3,4)5)19(24)23-13-11-22(6)12-14-23/h7-10,15,18H,11-14H2,1-6H3. The van der Waals surface area contributed by atoms with Crippen LogP contribution in [0.2, 0.25) is 0 Å². The van der Waals surface area contributed by atoms with Crippen LogP contribution in [0.15, 0.2) is 24.3 Å². The lowest BCUT2D eigenvalue weighted by atomic mass is 9.97. The van der Waals surface area contributed by atoms with Gasteiger partial charge in [-0.25, -0.2) is 0 Å². The predicted molar refractivity (Wildman–Crippen MR) is 105 cm³/mol. The number of rotatable bonds is 5. The number of likely N-dealkylation sites (N-methyl/N-ethyl adjacent to an activating group) is 1. The molecule has 1 heterocycles. The molecule has 1 atom stereocenters. The molecule has 150 valence electrons. The lowest BCUT2D eigenvalue weighted by Crippen LogP contribution is -2.49. The molecule has 1 aliphatic heterocycles. The summed E-state index contributed by atoms with van der Waals surface area (Å²) in [5.74, 6) is 0.164. The van der Waals surface area contributed by atoms with Gasteiger partial charge in [0, 0.05) is 31.7 Å². The van der Waals surface area contributed by atoms with Crippen LogP contribution in [0.1, 0.15) is 46.3 Å². The van der Waals surface area contributed by atoms with Gasteiger partial charge in [0.2, 0.25) is 6.10 Å². The Balaban J connectivity index is 2.23. The minimum absolute atomic E-state index is 0.0670. The highest BCUT2D eigenvalue weighted by molar-refractivity contribution is 5.86. The molecular weight excluding hydrogens is 344 g/mol. The second-order valence-corrected chi connectivity index (χ2v) is 8.40. The van der Waals surface area contributed by atoms with E-state index >= 15 is 0 Å². The summed E-state index contributed by atoms with van der Waals surface area (Å²) in [6, 6.07) is 7.22. The highest BCUT2D eigenvalue weighted by atomic mass is 16.5. The van der Waals surface area contributed by atoms with Crippen LogP contribution in [0.25, 0.3) is 0 Å². The number of esters is 1. The monoisotopic (exact) mass is 376 g/mol. The van der Waals surface area contributed by atoms with Crippen molar-refractivity contribution in [3.8, 4) is 5.75 Å². The molecule has 1 amide bonds. The van der Waals surface area contributed by atoms with E-state index in [0.29, 0.717) is 18.7 Å². The second-order valence-electron chi connectivity index (χ2n) is 8.40. The molecule has 2 rings (SSSR count). The second kappa shape index (κ2) is 8.74. The fourth-order valence-electron chi connectivity index (χ4n) is 2.73. The Morgan fingerprint density at radius 2 is 1.56 bits per heavy atom. The van der Waals surface area contributed by atoms with E-state index in [9.17, 15) is 9.59 Å². The van der Waals surface area contributed by atoms with Crippen LogP contribution in [-0.4, -0.2) is 61.0 Å².